The van der Waals surface area contributed by atoms with Gasteiger partial charge in [0.2, 0.25) is 0 Å². The van der Waals surface area contributed by atoms with Crippen LogP contribution in [0.5, 0.6) is 0 Å². The fraction of sp³-hybridized carbons (Fsp3) is 0.500. The molecule has 1 aromatic carbocycles. The molecule has 3 rings (SSSR count). The van der Waals surface area contributed by atoms with Gasteiger partial charge >= 0.3 is 5.97 Å². The average Bonchev–Trinajstić information content (AvgIpc) is 2.66. The Balaban J connectivity index is 2.07. The molecule has 1 aliphatic carbocycles. The number of ketones is 1. The van der Waals surface area contributed by atoms with Crippen LogP contribution >= 0.6 is 0 Å². The van der Waals surface area contributed by atoms with Crippen LogP contribution in [0.3, 0.4) is 0 Å². The van der Waals surface area contributed by atoms with Crippen LogP contribution in [0.1, 0.15) is 45.1 Å². The van der Waals surface area contributed by atoms with Crippen LogP contribution in [0.25, 0.3) is 0 Å². The van der Waals surface area contributed by atoms with Gasteiger partial charge in [-0.2, -0.15) is 0 Å². The molecule has 0 fully saturated rings. The molecule has 0 saturated carbocycles. The van der Waals surface area contributed by atoms with Gasteiger partial charge in [-0.1, -0.05) is 26.0 Å². The highest BCUT2D eigenvalue weighted by atomic mass is 16.6. The van der Waals surface area contributed by atoms with Crippen molar-refractivity contribution < 1.29 is 19.1 Å². The number of carbonyl (C=O) groups is 2. The first-order chi connectivity index (χ1) is 14.1. The Bertz CT molecular complexity index is 894. The molecule has 0 saturated heterocycles. The van der Waals surface area contributed by atoms with Crippen LogP contribution in [0.15, 0.2) is 46.8 Å². The zero-order valence-corrected chi connectivity index (χ0v) is 18.8. The van der Waals surface area contributed by atoms with Crippen LogP contribution in [0, 0.1) is 5.41 Å². The van der Waals surface area contributed by atoms with Gasteiger partial charge in [0.15, 0.2) is 5.78 Å². The van der Waals surface area contributed by atoms with E-state index in [1.165, 1.54) is 0 Å². The zero-order valence-electron chi connectivity index (χ0n) is 18.8. The summed E-state index contributed by atoms with van der Waals surface area (Å²) in [5.74, 6) is -0.760. The van der Waals surface area contributed by atoms with E-state index in [9.17, 15) is 9.59 Å². The van der Waals surface area contributed by atoms with Crippen molar-refractivity contribution >= 4 is 17.4 Å². The third-order valence-electron chi connectivity index (χ3n) is 5.72. The normalized spacial score (nSPS) is 20.6. The van der Waals surface area contributed by atoms with Gasteiger partial charge in [-0.3, -0.25) is 4.79 Å². The molecule has 30 heavy (non-hydrogen) atoms. The average molecular weight is 413 g/mol. The second-order valence-corrected chi connectivity index (χ2v) is 9.04. The van der Waals surface area contributed by atoms with Crippen LogP contribution < -0.4 is 10.2 Å². The van der Waals surface area contributed by atoms with E-state index in [1.54, 1.807) is 7.11 Å². The maximum atomic E-state index is 13.2. The van der Waals surface area contributed by atoms with E-state index in [0.717, 1.165) is 29.1 Å². The van der Waals surface area contributed by atoms with E-state index < -0.39 is 11.9 Å². The second-order valence-electron chi connectivity index (χ2n) is 9.04. The maximum Gasteiger partial charge on any atom is 0.336 e. The van der Waals surface area contributed by atoms with E-state index in [2.05, 4.69) is 19.2 Å². The molecule has 0 aromatic heterocycles. The van der Waals surface area contributed by atoms with Gasteiger partial charge in [0.1, 0.15) is 6.61 Å². The van der Waals surface area contributed by atoms with Crippen molar-refractivity contribution in [3.8, 4) is 0 Å². The first-order valence-corrected chi connectivity index (χ1v) is 10.3. The number of anilines is 1. The number of esters is 1. The zero-order chi connectivity index (χ0) is 22.1. The number of carbonyl (C=O) groups excluding carboxylic acids is 2. The highest BCUT2D eigenvalue weighted by molar-refractivity contribution is 6.04. The van der Waals surface area contributed by atoms with Gasteiger partial charge in [-0.25, -0.2) is 4.79 Å². The van der Waals surface area contributed by atoms with E-state index in [0.29, 0.717) is 24.2 Å². The molecule has 1 heterocycles. The minimum atomic E-state index is -0.434. The molecule has 0 unspecified atom stereocenters. The van der Waals surface area contributed by atoms with Crippen molar-refractivity contribution in [2.75, 3.05) is 39.3 Å². The van der Waals surface area contributed by atoms with Crippen LogP contribution in [-0.2, 0) is 19.1 Å². The highest BCUT2D eigenvalue weighted by Crippen LogP contribution is 2.46. The lowest BCUT2D eigenvalue weighted by Crippen LogP contribution is -2.38. The lowest BCUT2D eigenvalue weighted by atomic mass is 9.68. The van der Waals surface area contributed by atoms with Crippen LogP contribution in [-0.4, -0.2) is 46.2 Å². The van der Waals surface area contributed by atoms with Gasteiger partial charge < -0.3 is 19.7 Å². The van der Waals surface area contributed by atoms with Crippen molar-refractivity contribution in [3.05, 3.63) is 52.4 Å². The fourth-order valence-electron chi connectivity index (χ4n) is 4.30. The molecule has 1 aliphatic heterocycles. The lowest BCUT2D eigenvalue weighted by Gasteiger charge is -2.39. The summed E-state index contributed by atoms with van der Waals surface area (Å²) in [5, 5.41) is 3.35. The number of nitrogens with one attached hydrogen (secondary N) is 1. The Kier molecular flexibility index (Phi) is 6.36. The Morgan fingerprint density at radius 1 is 1.17 bits per heavy atom. The number of hydrogen-bond donors (Lipinski definition) is 1. The van der Waals surface area contributed by atoms with E-state index in [4.69, 9.17) is 9.47 Å². The Morgan fingerprint density at radius 3 is 2.43 bits per heavy atom. The van der Waals surface area contributed by atoms with Crippen molar-refractivity contribution in [2.24, 2.45) is 5.41 Å². The quantitative estimate of drug-likeness (QED) is 0.569. The number of Topliss-reactive ketones (excluding diaryl/α,β-unsaturated/α-hetero) is 1. The third-order valence-corrected chi connectivity index (χ3v) is 5.72. The number of nitrogens with zero attached hydrogens (tertiary/aromatic N) is 1. The first kappa shape index (κ1) is 22.1. The summed E-state index contributed by atoms with van der Waals surface area (Å²) in [5.41, 5.74) is 4.71. The van der Waals surface area contributed by atoms with Gasteiger partial charge in [0.05, 0.1) is 12.2 Å². The molecule has 1 atom stereocenters. The van der Waals surface area contributed by atoms with E-state index in [-0.39, 0.29) is 17.8 Å². The van der Waals surface area contributed by atoms with Crippen molar-refractivity contribution in [2.45, 2.75) is 39.5 Å². The molecular formula is C24H32N2O4. The standard InChI is InChI=1S/C24H32N2O4/c1-15-20(23(28)30-12-11-29-6)21(16-7-9-17(10-8-16)26(4)5)22-18(25-15)13-24(2,3)14-19(22)27/h7-10,21,25H,11-14H2,1-6H3/t21-/m0/s1. The lowest BCUT2D eigenvalue weighted by molar-refractivity contribution is -0.140. The van der Waals surface area contributed by atoms with Gasteiger partial charge in [0, 0.05) is 56.2 Å². The number of hydrogen-bond acceptors (Lipinski definition) is 6. The second kappa shape index (κ2) is 8.64. The van der Waals surface area contributed by atoms with E-state index in [1.807, 2.05) is 50.2 Å². The number of benzene rings is 1. The molecular weight excluding hydrogens is 380 g/mol. The molecule has 0 radical (unpaired) electrons. The van der Waals surface area contributed by atoms with Gasteiger partial charge in [-0.05, 0) is 36.5 Å². The van der Waals surface area contributed by atoms with Crippen LogP contribution in [0.2, 0.25) is 0 Å². The summed E-state index contributed by atoms with van der Waals surface area (Å²) in [6.07, 6.45) is 1.23. The predicted octanol–water partition coefficient (Wildman–Crippen LogP) is 3.55. The summed E-state index contributed by atoms with van der Waals surface area (Å²) < 4.78 is 10.5. The summed E-state index contributed by atoms with van der Waals surface area (Å²) in [6, 6.07) is 8.02. The molecule has 2 aliphatic rings. The summed E-state index contributed by atoms with van der Waals surface area (Å²) in [4.78, 5) is 28.3. The Morgan fingerprint density at radius 2 is 1.83 bits per heavy atom. The van der Waals surface area contributed by atoms with Gasteiger partial charge in [0.25, 0.3) is 0 Å². The molecule has 162 valence electrons. The summed E-state index contributed by atoms with van der Waals surface area (Å²) in [6.45, 7) is 6.58. The molecule has 6 heteroatoms. The van der Waals surface area contributed by atoms with Gasteiger partial charge in [-0.15, -0.1) is 0 Å². The minimum absolute atomic E-state index is 0.0881. The fourth-order valence-corrected chi connectivity index (χ4v) is 4.30. The summed E-state index contributed by atoms with van der Waals surface area (Å²) in [7, 11) is 5.53. The molecule has 6 nitrogen and oxygen atoms in total. The monoisotopic (exact) mass is 412 g/mol. The van der Waals surface area contributed by atoms with Crippen LogP contribution in [0.4, 0.5) is 5.69 Å². The van der Waals surface area contributed by atoms with Crippen molar-refractivity contribution in [1.82, 2.24) is 5.32 Å². The number of rotatable bonds is 6. The number of methoxy groups -OCH3 is 1. The maximum absolute atomic E-state index is 13.2. The van der Waals surface area contributed by atoms with Crippen molar-refractivity contribution in [3.63, 3.8) is 0 Å². The number of ether oxygens (including phenoxy) is 2. The van der Waals surface area contributed by atoms with Crippen molar-refractivity contribution in [1.29, 1.82) is 0 Å². The number of allylic oxidation sites excluding steroid dienone is 3. The molecule has 1 N–H and O–H groups in total. The Labute approximate surface area is 178 Å². The SMILES string of the molecule is COCCOC(=O)C1=C(C)NC2=C(C(=O)CC(C)(C)C2)[C@H]1c1ccc(N(C)C)cc1. The predicted molar refractivity (Wildman–Crippen MR) is 117 cm³/mol. The topological polar surface area (TPSA) is 67.9 Å². The molecule has 0 spiro atoms. The molecule has 0 bridgehead atoms. The van der Waals surface area contributed by atoms with E-state index >= 15 is 0 Å². The smallest absolute Gasteiger partial charge is 0.336 e. The third kappa shape index (κ3) is 4.43. The number of dihydropyridines is 1. The molecule has 1 aromatic rings. The largest absolute Gasteiger partial charge is 0.460 e. The molecule has 0 amide bonds. The first-order valence-electron chi connectivity index (χ1n) is 10.3. The minimum Gasteiger partial charge on any atom is -0.460 e. The summed E-state index contributed by atoms with van der Waals surface area (Å²) >= 11 is 0. The Hall–Kier alpha value is -2.60. The highest BCUT2D eigenvalue weighted by Gasteiger charge is 2.43.